The molecule has 2 heterocycles. The van der Waals surface area contributed by atoms with Crippen LogP contribution in [0.2, 0.25) is 0 Å². The summed E-state index contributed by atoms with van der Waals surface area (Å²) in [6, 6.07) is 2.51. The molecule has 0 radical (unpaired) electrons. The van der Waals surface area contributed by atoms with Crippen LogP contribution < -0.4 is 10.2 Å². The molecule has 8 heteroatoms. The number of hydrogen-bond acceptors (Lipinski definition) is 6. The molecule has 28 heavy (non-hydrogen) atoms. The highest BCUT2D eigenvalue weighted by atomic mass is 16.5. The van der Waals surface area contributed by atoms with Crippen molar-refractivity contribution in [2.75, 3.05) is 31.2 Å². The highest BCUT2D eigenvalue weighted by Crippen LogP contribution is 2.30. The Morgan fingerprint density at radius 2 is 1.89 bits per heavy atom. The van der Waals surface area contributed by atoms with Gasteiger partial charge in [0.2, 0.25) is 5.91 Å². The summed E-state index contributed by atoms with van der Waals surface area (Å²) in [7, 11) is 0. The van der Waals surface area contributed by atoms with Crippen molar-refractivity contribution in [1.29, 1.82) is 0 Å². The number of Topliss-reactive ketones (excluding diaryl/α,β-unsaturated/α-hetero) is 1. The molecule has 2 rings (SSSR count). The molecule has 1 aliphatic heterocycles. The Morgan fingerprint density at radius 1 is 1.25 bits per heavy atom. The molecule has 2 atom stereocenters. The van der Waals surface area contributed by atoms with Gasteiger partial charge in [-0.3, -0.25) is 14.4 Å². The van der Waals surface area contributed by atoms with E-state index in [1.807, 2.05) is 20.8 Å². The first kappa shape index (κ1) is 21.8. The van der Waals surface area contributed by atoms with E-state index in [4.69, 9.17) is 9.84 Å². The topological polar surface area (TPSA) is 109 Å². The number of morpholine rings is 1. The minimum atomic E-state index is -1.12. The number of carbonyl (C=O) groups is 3. The fourth-order valence-electron chi connectivity index (χ4n) is 3.00. The van der Waals surface area contributed by atoms with E-state index in [1.54, 1.807) is 12.1 Å². The molecule has 1 amide bonds. The molecule has 1 fully saturated rings. The van der Waals surface area contributed by atoms with E-state index in [-0.39, 0.29) is 12.2 Å². The molecule has 1 aromatic heterocycles. The number of aromatic nitrogens is 1. The van der Waals surface area contributed by atoms with Gasteiger partial charge in [0.1, 0.15) is 11.9 Å². The van der Waals surface area contributed by atoms with E-state index in [0.717, 1.165) is 18.9 Å². The second kappa shape index (κ2) is 9.14. The van der Waals surface area contributed by atoms with Gasteiger partial charge in [-0.15, -0.1) is 0 Å². The third-order valence-corrected chi connectivity index (χ3v) is 4.89. The van der Waals surface area contributed by atoms with Crippen LogP contribution >= 0.6 is 0 Å². The van der Waals surface area contributed by atoms with Crippen molar-refractivity contribution in [2.24, 2.45) is 11.3 Å². The Kier molecular flexibility index (Phi) is 7.12. The smallest absolute Gasteiger partial charge is 0.325 e. The van der Waals surface area contributed by atoms with Gasteiger partial charge in [0, 0.05) is 31.3 Å². The zero-order valence-corrected chi connectivity index (χ0v) is 16.9. The number of carbonyl (C=O) groups excluding carboxylic acids is 2. The number of ether oxygens (including phenoxy) is 1. The number of nitrogens with zero attached hydrogens (tertiary/aromatic N) is 2. The first-order chi connectivity index (χ1) is 13.1. The molecule has 154 valence electrons. The van der Waals surface area contributed by atoms with Gasteiger partial charge in [-0.2, -0.15) is 0 Å². The van der Waals surface area contributed by atoms with Crippen LogP contribution in [0.15, 0.2) is 18.3 Å². The third-order valence-electron chi connectivity index (χ3n) is 4.89. The molecule has 1 saturated heterocycles. The number of anilines is 1. The molecule has 0 aliphatic carbocycles. The Labute approximate surface area is 165 Å². The van der Waals surface area contributed by atoms with Crippen LogP contribution in [0.25, 0.3) is 0 Å². The lowest BCUT2D eigenvalue weighted by Gasteiger charge is -2.30. The number of nitrogens with one attached hydrogen (secondary N) is 1. The Morgan fingerprint density at radius 3 is 2.39 bits per heavy atom. The number of amides is 1. The number of ketones is 1. The maximum Gasteiger partial charge on any atom is 0.325 e. The van der Waals surface area contributed by atoms with Crippen LogP contribution in [-0.4, -0.2) is 60.1 Å². The maximum absolute atomic E-state index is 12.7. The summed E-state index contributed by atoms with van der Waals surface area (Å²) < 4.78 is 5.33. The number of hydrogen-bond donors (Lipinski definition) is 2. The molecule has 2 N–H and O–H groups in total. The average molecular weight is 391 g/mol. The van der Waals surface area contributed by atoms with Crippen LogP contribution in [0.4, 0.5) is 5.82 Å². The summed E-state index contributed by atoms with van der Waals surface area (Å²) in [6.45, 7) is 9.79. The van der Waals surface area contributed by atoms with Gasteiger partial charge >= 0.3 is 5.97 Å². The van der Waals surface area contributed by atoms with E-state index in [0.29, 0.717) is 18.8 Å². The number of aliphatic carboxylic acids is 1. The predicted molar refractivity (Wildman–Crippen MR) is 104 cm³/mol. The van der Waals surface area contributed by atoms with Crippen LogP contribution in [0.5, 0.6) is 0 Å². The van der Waals surface area contributed by atoms with Crippen LogP contribution in [-0.2, 0) is 14.3 Å². The zero-order valence-electron chi connectivity index (χ0n) is 16.9. The summed E-state index contributed by atoms with van der Waals surface area (Å²) in [5, 5.41) is 11.5. The van der Waals surface area contributed by atoms with Crippen molar-refractivity contribution in [3.05, 3.63) is 23.9 Å². The van der Waals surface area contributed by atoms with Crippen molar-refractivity contribution in [3.63, 3.8) is 0 Å². The number of pyridine rings is 1. The largest absolute Gasteiger partial charge is 0.480 e. The standard InChI is InChI=1S/C20H29N3O5/c1-13(19(26)27)22-18(25)15(20(2,3)4)11-16(24)14-5-6-17(21-12-14)23-7-9-28-10-8-23/h5-6,12-13,15H,7-11H2,1-4H3,(H,22,25)(H,26,27)/t13-,15+/m0/s1. The highest BCUT2D eigenvalue weighted by molar-refractivity contribution is 5.99. The van der Waals surface area contributed by atoms with Gasteiger partial charge in [0.25, 0.3) is 0 Å². The molecule has 0 aromatic carbocycles. The lowest BCUT2D eigenvalue weighted by atomic mass is 9.76. The summed E-state index contributed by atoms with van der Waals surface area (Å²) in [4.78, 5) is 42.8. The molecule has 8 nitrogen and oxygen atoms in total. The fraction of sp³-hybridized carbons (Fsp3) is 0.600. The fourth-order valence-corrected chi connectivity index (χ4v) is 3.00. The minimum Gasteiger partial charge on any atom is -0.480 e. The number of rotatable bonds is 7. The average Bonchev–Trinajstić information content (AvgIpc) is 2.65. The molecule has 0 bridgehead atoms. The van der Waals surface area contributed by atoms with Crippen LogP contribution in [0.1, 0.15) is 44.5 Å². The minimum absolute atomic E-state index is 0.0136. The van der Waals surface area contributed by atoms with Crippen molar-refractivity contribution < 1.29 is 24.2 Å². The number of carboxylic acid groups (broad SMARTS) is 1. The summed E-state index contributed by atoms with van der Waals surface area (Å²) in [5.74, 6) is -1.61. The molecular weight excluding hydrogens is 362 g/mol. The lowest BCUT2D eigenvalue weighted by molar-refractivity contribution is -0.142. The van der Waals surface area contributed by atoms with Gasteiger partial charge in [0.15, 0.2) is 5.78 Å². The second-order valence-electron chi connectivity index (χ2n) is 8.12. The molecule has 0 spiro atoms. The molecule has 0 saturated carbocycles. The predicted octanol–water partition coefficient (Wildman–Crippen LogP) is 1.74. The van der Waals surface area contributed by atoms with Crippen LogP contribution in [0, 0.1) is 11.3 Å². The van der Waals surface area contributed by atoms with E-state index >= 15 is 0 Å². The lowest BCUT2D eigenvalue weighted by Crippen LogP contribution is -2.45. The highest BCUT2D eigenvalue weighted by Gasteiger charge is 2.34. The van der Waals surface area contributed by atoms with Gasteiger partial charge in [-0.05, 0) is 24.5 Å². The second-order valence-corrected chi connectivity index (χ2v) is 8.12. The molecular formula is C20H29N3O5. The Balaban J connectivity index is 2.08. The van der Waals surface area contributed by atoms with E-state index in [1.165, 1.54) is 13.1 Å². The van der Waals surface area contributed by atoms with Crippen molar-refractivity contribution in [1.82, 2.24) is 10.3 Å². The zero-order chi connectivity index (χ0) is 20.9. The van der Waals surface area contributed by atoms with E-state index < -0.39 is 29.3 Å². The van der Waals surface area contributed by atoms with Crippen molar-refractivity contribution >= 4 is 23.5 Å². The first-order valence-electron chi connectivity index (χ1n) is 9.44. The monoisotopic (exact) mass is 391 g/mol. The molecule has 1 aliphatic rings. The Bertz CT molecular complexity index is 706. The first-order valence-corrected chi connectivity index (χ1v) is 9.44. The van der Waals surface area contributed by atoms with E-state index in [2.05, 4.69) is 15.2 Å². The SMILES string of the molecule is C[C@H](NC(=O)[C@@H](CC(=O)c1ccc(N2CCOCC2)nc1)C(C)(C)C)C(=O)O. The number of carboxylic acids is 1. The Hall–Kier alpha value is -2.48. The van der Waals surface area contributed by atoms with Gasteiger partial charge in [-0.25, -0.2) is 4.98 Å². The van der Waals surface area contributed by atoms with Crippen LogP contribution in [0.3, 0.4) is 0 Å². The van der Waals surface area contributed by atoms with Gasteiger partial charge in [-0.1, -0.05) is 20.8 Å². The van der Waals surface area contributed by atoms with Crippen molar-refractivity contribution in [2.45, 2.75) is 40.2 Å². The molecule has 1 aromatic rings. The van der Waals surface area contributed by atoms with E-state index in [9.17, 15) is 14.4 Å². The molecule has 0 unspecified atom stereocenters. The van der Waals surface area contributed by atoms with Crippen molar-refractivity contribution in [3.8, 4) is 0 Å². The maximum atomic E-state index is 12.7. The van der Waals surface area contributed by atoms with Gasteiger partial charge in [0.05, 0.1) is 19.1 Å². The quantitative estimate of drug-likeness (QED) is 0.682. The summed E-state index contributed by atoms with van der Waals surface area (Å²) in [5.41, 5.74) is -0.0654. The normalized spacial score (nSPS) is 16.9. The van der Waals surface area contributed by atoms with Gasteiger partial charge < -0.3 is 20.1 Å². The summed E-state index contributed by atoms with van der Waals surface area (Å²) in [6.07, 6.45) is 1.52. The summed E-state index contributed by atoms with van der Waals surface area (Å²) >= 11 is 0. The third kappa shape index (κ3) is 5.76.